The summed E-state index contributed by atoms with van der Waals surface area (Å²) < 4.78 is 6.50. The molecule has 2 aromatic rings. The Morgan fingerprint density at radius 3 is 3.08 bits per heavy atom. The van der Waals surface area contributed by atoms with Crippen molar-refractivity contribution in [1.82, 2.24) is 14.6 Å². The molecule has 2 rings (SSSR count). The molecule has 0 aliphatic carbocycles. The maximum absolute atomic E-state index is 8.95. The molecular formula is C8H9N3O2. The van der Waals surface area contributed by atoms with Crippen LogP contribution in [-0.2, 0) is 6.61 Å². The van der Waals surface area contributed by atoms with E-state index in [9.17, 15) is 0 Å². The second-order valence-corrected chi connectivity index (χ2v) is 2.55. The molecule has 0 saturated heterocycles. The number of aliphatic hydroxyl groups excluding tert-OH is 1. The van der Waals surface area contributed by atoms with Crippen LogP contribution in [0, 0.1) is 0 Å². The summed E-state index contributed by atoms with van der Waals surface area (Å²) in [6.45, 7) is -0.0820. The second-order valence-electron chi connectivity index (χ2n) is 2.55. The Kier molecular flexibility index (Phi) is 1.86. The van der Waals surface area contributed by atoms with Crippen molar-refractivity contribution in [3.8, 4) is 5.88 Å². The van der Waals surface area contributed by atoms with Gasteiger partial charge in [-0.05, 0) is 6.07 Å². The summed E-state index contributed by atoms with van der Waals surface area (Å²) in [5, 5.41) is 13.0. The van der Waals surface area contributed by atoms with E-state index in [0.29, 0.717) is 17.2 Å². The van der Waals surface area contributed by atoms with E-state index < -0.39 is 0 Å². The number of methoxy groups -OCH3 is 1. The van der Waals surface area contributed by atoms with E-state index in [2.05, 4.69) is 10.1 Å². The highest BCUT2D eigenvalue weighted by molar-refractivity contribution is 5.39. The van der Waals surface area contributed by atoms with Crippen LogP contribution < -0.4 is 4.74 Å². The van der Waals surface area contributed by atoms with Gasteiger partial charge in [0.05, 0.1) is 25.6 Å². The molecule has 0 spiro atoms. The summed E-state index contributed by atoms with van der Waals surface area (Å²) in [6.07, 6.45) is 1.59. The van der Waals surface area contributed by atoms with Gasteiger partial charge >= 0.3 is 0 Å². The fourth-order valence-corrected chi connectivity index (χ4v) is 1.12. The summed E-state index contributed by atoms with van der Waals surface area (Å²) in [7, 11) is 1.55. The van der Waals surface area contributed by atoms with Crippen LogP contribution >= 0.6 is 0 Å². The zero-order chi connectivity index (χ0) is 9.26. The second kappa shape index (κ2) is 3.02. The molecule has 0 fully saturated rings. The van der Waals surface area contributed by atoms with Crippen LogP contribution in [0.15, 0.2) is 18.3 Å². The Bertz CT molecular complexity index is 424. The number of nitrogens with zero attached hydrogens (tertiary/aromatic N) is 3. The fraction of sp³-hybridized carbons (Fsp3) is 0.250. The predicted molar refractivity (Wildman–Crippen MR) is 45.5 cm³/mol. The van der Waals surface area contributed by atoms with Crippen molar-refractivity contribution in [2.75, 3.05) is 7.11 Å². The minimum absolute atomic E-state index is 0.0820. The van der Waals surface area contributed by atoms with Crippen molar-refractivity contribution < 1.29 is 9.84 Å². The van der Waals surface area contributed by atoms with Crippen molar-refractivity contribution in [2.24, 2.45) is 0 Å². The molecule has 0 aliphatic rings. The number of imidazole rings is 1. The first-order valence-electron chi connectivity index (χ1n) is 3.83. The van der Waals surface area contributed by atoms with Gasteiger partial charge in [0.2, 0.25) is 5.88 Å². The summed E-state index contributed by atoms with van der Waals surface area (Å²) in [6, 6.07) is 3.51. The lowest BCUT2D eigenvalue weighted by molar-refractivity contribution is 0.273. The van der Waals surface area contributed by atoms with Crippen molar-refractivity contribution in [1.29, 1.82) is 0 Å². The Morgan fingerprint density at radius 2 is 2.38 bits per heavy atom. The molecule has 0 unspecified atom stereocenters. The zero-order valence-corrected chi connectivity index (χ0v) is 7.14. The van der Waals surface area contributed by atoms with E-state index in [1.54, 1.807) is 30.0 Å². The van der Waals surface area contributed by atoms with Gasteiger partial charge < -0.3 is 9.84 Å². The number of rotatable bonds is 2. The van der Waals surface area contributed by atoms with Crippen molar-refractivity contribution >= 4 is 5.65 Å². The van der Waals surface area contributed by atoms with Crippen LogP contribution in [0.3, 0.4) is 0 Å². The van der Waals surface area contributed by atoms with Crippen LogP contribution in [-0.4, -0.2) is 26.8 Å². The topological polar surface area (TPSA) is 59.7 Å². The Labute approximate surface area is 74.6 Å². The predicted octanol–water partition coefficient (Wildman–Crippen LogP) is 0.230. The van der Waals surface area contributed by atoms with Crippen LogP contribution in [0.4, 0.5) is 0 Å². The number of hydrogen-bond acceptors (Lipinski definition) is 4. The van der Waals surface area contributed by atoms with Gasteiger partial charge in [0.15, 0.2) is 5.65 Å². The molecule has 1 N–H and O–H groups in total. The lowest BCUT2D eigenvalue weighted by Gasteiger charge is -2.00. The minimum Gasteiger partial charge on any atom is -0.480 e. The van der Waals surface area contributed by atoms with Gasteiger partial charge in [-0.1, -0.05) is 0 Å². The summed E-state index contributed by atoms with van der Waals surface area (Å²) in [5.41, 5.74) is 1.35. The third kappa shape index (κ3) is 1.23. The van der Waals surface area contributed by atoms with Gasteiger partial charge in [-0.15, -0.1) is 5.10 Å². The van der Waals surface area contributed by atoms with Gasteiger partial charge in [0, 0.05) is 6.07 Å². The first kappa shape index (κ1) is 8.00. The van der Waals surface area contributed by atoms with E-state index in [-0.39, 0.29) is 6.61 Å². The smallest absolute Gasteiger partial charge is 0.231 e. The highest BCUT2D eigenvalue weighted by atomic mass is 16.5. The van der Waals surface area contributed by atoms with Crippen LogP contribution in [0.25, 0.3) is 5.65 Å². The summed E-state index contributed by atoms with van der Waals surface area (Å²) in [4.78, 5) is 4.05. The van der Waals surface area contributed by atoms with E-state index in [4.69, 9.17) is 9.84 Å². The Morgan fingerprint density at radius 1 is 1.54 bits per heavy atom. The maximum Gasteiger partial charge on any atom is 0.231 e. The average molecular weight is 179 g/mol. The maximum atomic E-state index is 8.95. The molecule has 0 saturated carbocycles. The number of ether oxygens (including phenoxy) is 1. The third-order valence-electron chi connectivity index (χ3n) is 1.78. The number of aromatic nitrogens is 3. The highest BCUT2D eigenvalue weighted by Crippen LogP contribution is 2.09. The minimum atomic E-state index is -0.0820. The van der Waals surface area contributed by atoms with E-state index in [1.807, 2.05) is 0 Å². The van der Waals surface area contributed by atoms with Crippen LogP contribution in [0.5, 0.6) is 5.88 Å². The zero-order valence-electron chi connectivity index (χ0n) is 7.14. The molecule has 13 heavy (non-hydrogen) atoms. The molecule has 0 aromatic carbocycles. The molecule has 0 radical (unpaired) electrons. The normalized spacial score (nSPS) is 10.6. The van der Waals surface area contributed by atoms with E-state index in [0.717, 1.165) is 0 Å². The first-order chi connectivity index (χ1) is 6.35. The molecule has 0 aliphatic heterocycles. The van der Waals surface area contributed by atoms with Gasteiger partial charge in [-0.3, -0.25) is 0 Å². The fourth-order valence-electron chi connectivity index (χ4n) is 1.12. The molecule has 68 valence electrons. The first-order valence-corrected chi connectivity index (χ1v) is 3.83. The number of hydrogen-bond donors (Lipinski definition) is 1. The largest absolute Gasteiger partial charge is 0.480 e. The average Bonchev–Trinajstić information content (AvgIpc) is 2.59. The number of fused-ring (bicyclic) bond motifs is 1. The van der Waals surface area contributed by atoms with Crippen molar-refractivity contribution in [3.05, 3.63) is 24.0 Å². The quantitative estimate of drug-likeness (QED) is 0.716. The van der Waals surface area contributed by atoms with Gasteiger partial charge in [-0.25, -0.2) is 9.50 Å². The Hall–Kier alpha value is -1.62. The van der Waals surface area contributed by atoms with E-state index in [1.165, 1.54) is 0 Å². The molecule has 0 amide bonds. The molecule has 5 nitrogen and oxygen atoms in total. The molecule has 2 heterocycles. The SMILES string of the molecule is COc1ccc2ncc(CO)n2n1. The lowest BCUT2D eigenvalue weighted by atomic mass is 10.5. The standard InChI is InChI=1S/C8H9N3O2/c1-13-8-3-2-7-9-4-6(5-12)11(7)10-8/h2-4,12H,5H2,1H3. The molecule has 2 aromatic heterocycles. The molecule has 0 bridgehead atoms. The van der Waals surface area contributed by atoms with Crippen molar-refractivity contribution in [3.63, 3.8) is 0 Å². The van der Waals surface area contributed by atoms with Crippen LogP contribution in [0.2, 0.25) is 0 Å². The number of aliphatic hydroxyl groups is 1. The molecule has 5 heteroatoms. The Balaban J connectivity index is 2.64. The van der Waals surface area contributed by atoms with Gasteiger partial charge in [0.25, 0.3) is 0 Å². The monoisotopic (exact) mass is 179 g/mol. The highest BCUT2D eigenvalue weighted by Gasteiger charge is 2.03. The van der Waals surface area contributed by atoms with E-state index >= 15 is 0 Å². The lowest BCUT2D eigenvalue weighted by Crippen LogP contribution is -1.99. The molecular weight excluding hydrogens is 170 g/mol. The van der Waals surface area contributed by atoms with Gasteiger partial charge in [-0.2, -0.15) is 0 Å². The van der Waals surface area contributed by atoms with Crippen molar-refractivity contribution in [2.45, 2.75) is 6.61 Å². The summed E-state index contributed by atoms with van der Waals surface area (Å²) >= 11 is 0. The summed E-state index contributed by atoms with van der Waals surface area (Å²) in [5.74, 6) is 0.500. The van der Waals surface area contributed by atoms with Gasteiger partial charge in [0.1, 0.15) is 0 Å². The molecule has 0 atom stereocenters. The third-order valence-corrected chi connectivity index (χ3v) is 1.78. The van der Waals surface area contributed by atoms with Crippen LogP contribution in [0.1, 0.15) is 5.69 Å².